The maximum Gasteiger partial charge on any atom is 0.221 e. The van der Waals surface area contributed by atoms with Crippen molar-refractivity contribution >= 4 is 34.4 Å². The van der Waals surface area contributed by atoms with Crippen LogP contribution in [0, 0.1) is 0 Å². The molecule has 150 valence electrons. The van der Waals surface area contributed by atoms with Gasteiger partial charge in [-0.05, 0) is 42.0 Å². The third-order valence-electron chi connectivity index (χ3n) is 4.40. The van der Waals surface area contributed by atoms with E-state index < -0.39 is 0 Å². The number of fused-ring (bicyclic) bond motifs is 1. The van der Waals surface area contributed by atoms with Crippen molar-refractivity contribution in [3.8, 4) is 17.2 Å². The normalized spacial score (nSPS) is 10.9. The Bertz CT molecular complexity index is 1070. The van der Waals surface area contributed by atoms with E-state index in [0.717, 1.165) is 16.5 Å². The van der Waals surface area contributed by atoms with E-state index in [1.165, 1.54) is 34.3 Å². The number of amides is 1. The number of aromatic amines is 1. The van der Waals surface area contributed by atoms with Crippen LogP contribution in [0.15, 0.2) is 42.6 Å². The molecule has 0 fully saturated rings. The van der Waals surface area contributed by atoms with Gasteiger partial charge in [0.2, 0.25) is 11.7 Å². The second-order valence-corrected chi connectivity index (χ2v) is 6.30. The lowest BCUT2D eigenvalue weighted by Gasteiger charge is -2.13. The van der Waals surface area contributed by atoms with Crippen molar-refractivity contribution in [1.82, 2.24) is 4.98 Å². The van der Waals surface area contributed by atoms with Crippen molar-refractivity contribution in [3.05, 3.63) is 53.7 Å². The monoisotopic (exact) mass is 394 g/mol. The quantitative estimate of drug-likeness (QED) is 0.466. The van der Waals surface area contributed by atoms with Gasteiger partial charge in [0.1, 0.15) is 0 Å². The summed E-state index contributed by atoms with van der Waals surface area (Å²) in [5.74, 6) is 0.935. The van der Waals surface area contributed by atoms with Crippen LogP contribution in [0.5, 0.6) is 17.2 Å². The van der Waals surface area contributed by atoms with E-state index in [-0.39, 0.29) is 11.7 Å². The molecule has 2 aromatic carbocycles. The Morgan fingerprint density at radius 2 is 1.69 bits per heavy atom. The molecule has 2 N–H and O–H groups in total. The molecular formula is C22H22N2O5. The van der Waals surface area contributed by atoms with Crippen LogP contribution in [0.2, 0.25) is 0 Å². The number of benzene rings is 2. The number of nitrogens with one attached hydrogen (secondary N) is 2. The lowest BCUT2D eigenvalue weighted by Crippen LogP contribution is -2.05. The number of carbonyl (C=O) groups excluding carboxylic acids is 2. The standard InChI is InChI=1S/C22H22N2O5/c1-13(25)24-16-6-7-17-14(12-23-18(17)11-16)5-8-19(26)15-9-20(27-2)22(29-4)21(10-15)28-3/h5-12,23H,1-4H3,(H,24,25)/b8-5+. The van der Waals surface area contributed by atoms with Gasteiger partial charge in [-0.25, -0.2) is 0 Å². The first-order valence-corrected chi connectivity index (χ1v) is 8.88. The van der Waals surface area contributed by atoms with E-state index in [1.54, 1.807) is 24.4 Å². The van der Waals surface area contributed by atoms with Crippen molar-refractivity contribution < 1.29 is 23.8 Å². The topological polar surface area (TPSA) is 89.7 Å². The minimum Gasteiger partial charge on any atom is -0.493 e. The Morgan fingerprint density at radius 1 is 1.00 bits per heavy atom. The zero-order chi connectivity index (χ0) is 21.0. The number of hydrogen-bond acceptors (Lipinski definition) is 5. The third-order valence-corrected chi connectivity index (χ3v) is 4.40. The molecule has 3 rings (SSSR count). The molecule has 0 aliphatic carbocycles. The van der Waals surface area contributed by atoms with Crippen molar-refractivity contribution in [1.29, 1.82) is 0 Å². The molecule has 0 saturated heterocycles. The Kier molecular flexibility index (Phi) is 5.87. The predicted molar refractivity (Wildman–Crippen MR) is 112 cm³/mol. The summed E-state index contributed by atoms with van der Waals surface area (Å²) in [4.78, 5) is 27.0. The number of methoxy groups -OCH3 is 3. The number of anilines is 1. The summed E-state index contributed by atoms with van der Waals surface area (Å²) < 4.78 is 15.9. The lowest BCUT2D eigenvalue weighted by molar-refractivity contribution is -0.114. The van der Waals surface area contributed by atoms with Crippen LogP contribution >= 0.6 is 0 Å². The van der Waals surface area contributed by atoms with E-state index >= 15 is 0 Å². The number of ketones is 1. The number of allylic oxidation sites excluding steroid dienone is 1. The van der Waals surface area contributed by atoms with Gasteiger partial charge in [-0.15, -0.1) is 0 Å². The van der Waals surface area contributed by atoms with Crippen LogP contribution in [-0.4, -0.2) is 38.0 Å². The molecule has 1 heterocycles. The molecule has 0 unspecified atom stereocenters. The molecule has 0 saturated carbocycles. The Morgan fingerprint density at radius 3 is 2.28 bits per heavy atom. The van der Waals surface area contributed by atoms with Crippen molar-refractivity contribution in [2.75, 3.05) is 26.6 Å². The minimum atomic E-state index is -0.200. The zero-order valence-corrected chi connectivity index (χ0v) is 16.7. The van der Waals surface area contributed by atoms with E-state index in [9.17, 15) is 9.59 Å². The first-order valence-electron chi connectivity index (χ1n) is 8.88. The van der Waals surface area contributed by atoms with Crippen molar-refractivity contribution in [2.24, 2.45) is 0 Å². The second kappa shape index (κ2) is 8.52. The summed E-state index contributed by atoms with van der Waals surface area (Å²) in [7, 11) is 4.52. The molecule has 3 aromatic rings. The van der Waals surface area contributed by atoms with Crippen LogP contribution in [0.1, 0.15) is 22.8 Å². The molecule has 0 aliphatic heterocycles. The molecule has 29 heavy (non-hydrogen) atoms. The Hall–Kier alpha value is -3.74. The number of aromatic nitrogens is 1. The van der Waals surface area contributed by atoms with Crippen LogP contribution in [0.25, 0.3) is 17.0 Å². The SMILES string of the molecule is COc1cc(C(=O)/C=C/c2c[nH]c3cc(NC(C)=O)ccc23)cc(OC)c1OC. The summed E-state index contributed by atoms with van der Waals surface area (Å²) in [6.45, 7) is 1.46. The van der Waals surface area contributed by atoms with Crippen molar-refractivity contribution in [3.63, 3.8) is 0 Å². The lowest BCUT2D eigenvalue weighted by atomic mass is 10.1. The van der Waals surface area contributed by atoms with Crippen molar-refractivity contribution in [2.45, 2.75) is 6.92 Å². The van der Waals surface area contributed by atoms with Gasteiger partial charge in [-0.2, -0.15) is 0 Å². The highest BCUT2D eigenvalue weighted by molar-refractivity contribution is 6.08. The molecule has 1 aromatic heterocycles. The molecule has 0 bridgehead atoms. The fourth-order valence-corrected chi connectivity index (χ4v) is 3.05. The largest absolute Gasteiger partial charge is 0.493 e. The average Bonchev–Trinajstić information content (AvgIpc) is 3.12. The number of hydrogen-bond donors (Lipinski definition) is 2. The van der Waals surface area contributed by atoms with Crippen LogP contribution in [0.3, 0.4) is 0 Å². The number of rotatable bonds is 7. The van der Waals surface area contributed by atoms with E-state index in [2.05, 4.69) is 10.3 Å². The van der Waals surface area contributed by atoms with Gasteiger partial charge in [0.05, 0.1) is 21.3 Å². The highest BCUT2D eigenvalue weighted by Gasteiger charge is 2.16. The molecular weight excluding hydrogens is 372 g/mol. The average molecular weight is 394 g/mol. The van der Waals surface area contributed by atoms with Gasteiger partial charge in [0, 0.05) is 35.3 Å². The van der Waals surface area contributed by atoms with Gasteiger partial charge in [-0.1, -0.05) is 6.07 Å². The smallest absolute Gasteiger partial charge is 0.221 e. The van der Waals surface area contributed by atoms with E-state index in [0.29, 0.717) is 28.5 Å². The molecule has 7 heteroatoms. The summed E-state index contributed by atoms with van der Waals surface area (Å²) in [5, 5.41) is 3.68. The van der Waals surface area contributed by atoms with Crippen LogP contribution < -0.4 is 19.5 Å². The third kappa shape index (κ3) is 4.24. The van der Waals surface area contributed by atoms with Crippen LogP contribution in [-0.2, 0) is 4.79 Å². The Balaban J connectivity index is 1.88. The highest BCUT2D eigenvalue weighted by Crippen LogP contribution is 2.38. The highest BCUT2D eigenvalue weighted by atomic mass is 16.5. The molecule has 1 amide bonds. The van der Waals surface area contributed by atoms with Gasteiger partial charge in [-0.3, -0.25) is 9.59 Å². The molecule has 0 spiro atoms. The maximum atomic E-state index is 12.7. The molecule has 0 radical (unpaired) electrons. The van der Waals surface area contributed by atoms with Gasteiger partial charge in [0.25, 0.3) is 0 Å². The summed E-state index contributed by atoms with van der Waals surface area (Å²) in [6.07, 6.45) is 5.04. The summed E-state index contributed by atoms with van der Waals surface area (Å²) in [6, 6.07) is 8.78. The zero-order valence-electron chi connectivity index (χ0n) is 16.7. The summed E-state index contributed by atoms with van der Waals surface area (Å²) >= 11 is 0. The van der Waals surface area contributed by atoms with Gasteiger partial charge in [0.15, 0.2) is 17.3 Å². The first kappa shape index (κ1) is 20.0. The number of ether oxygens (including phenoxy) is 3. The fraction of sp³-hybridized carbons (Fsp3) is 0.182. The summed E-state index contributed by atoms with van der Waals surface area (Å²) in [5.41, 5.74) is 2.84. The van der Waals surface area contributed by atoms with Gasteiger partial charge < -0.3 is 24.5 Å². The second-order valence-electron chi connectivity index (χ2n) is 6.30. The van der Waals surface area contributed by atoms with Gasteiger partial charge >= 0.3 is 0 Å². The van der Waals surface area contributed by atoms with E-state index in [1.807, 2.05) is 18.2 Å². The van der Waals surface area contributed by atoms with Crippen LogP contribution in [0.4, 0.5) is 5.69 Å². The maximum absolute atomic E-state index is 12.7. The van der Waals surface area contributed by atoms with E-state index in [4.69, 9.17) is 14.2 Å². The molecule has 7 nitrogen and oxygen atoms in total. The number of H-pyrrole nitrogens is 1. The molecule has 0 aliphatic rings. The first-order chi connectivity index (χ1) is 14.0. The number of carbonyl (C=O) groups is 2. The minimum absolute atomic E-state index is 0.132. The predicted octanol–water partition coefficient (Wildman–Crippen LogP) is 4.05. The molecule has 0 atom stereocenters. The Labute approximate surface area is 168 Å². The fourth-order valence-electron chi connectivity index (χ4n) is 3.05.